The number of rotatable bonds is 2. The minimum atomic E-state index is -0.441. The van der Waals surface area contributed by atoms with Gasteiger partial charge >= 0.3 is 6.07 Å². The molecule has 2 aromatic rings. The summed E-state index contributed by atoms with van der Waals surface area (Å²) in [6.07, 6.45) is 0. The van der Waals surface area contributed by atoms with Crippen LogP contribution in [-0.4, -0.2) is 4.92 Å². The summed E-state index contributed by atoms with van der Waals surface area (Å²) in [6.45, 7) is 0. The van der Waals surface area contributed by atoms with E-state index in [9.17, 15) is 10.1 Å². The molecule has 1 N–H and O–H groups in total. The predicted molar refractivity (Wildman–Crippen MR) is 69.5 cm³/mol. The summed E-state index contributed by atoms with van der Waals surface area (Å²) < 4.78 is 0. The molecule has 0 aromatic heterocycles. The maximum atomic E-state index is 10.5. The van der Waals surface area contributed by atoms with E-state index in [1.807, 2.05) is 30.3 Å². The maximum Gasteiger partial charge on any atom is 0.357 e. The summed E-state index contributed by atoms with van der Waals surface area (Å²) in [4.78, 5) is 13.9. The number of nitrogens with zero attached hydrogens (tertiary/aromatic N) is 2. The molecule has 0 spiro atoms. The number of anilines is 1. The lowest BCUT2D eigenvalue weighted by Gasteiger charge is -1.88. The Bertz CT molecular complexity index is 598. The summed E-state index contributed by atoms with van der Waals surface area (Å²) >= 11 is 0. The molecule has 2 rings (SSSR count). The van der Waals surface area contributed by atoms with Crippen LogP contribution in [0.15, 0.2) is 54.6 Å². The second kappa shape index (κ2) is 5.46. The Balaban J connectivity index is 2.04. The van der Waals surface area contributed by atoms with Gasteiger partial charge in [0.1, 0.15) is 11.3 Å². The third-order valence-electron chi connectivity index (χ3n) is 2.22. The number of non-ortho nitro benzene ring substituents is 1. The summed E-state index contributed by atoms with van der Waals surface area (Å²) in [7, 11) is 0. The first kappa shape index (κ1) is 11.6. The Morgan fingerprint density at radius 1 is 1.06 bits per heavy atom. The molecule has 0 aliphatic rings. The van der Waals surface area contributed by atoms with Gasteiger partial charge in [0, 0.05) is 12.1 Å². The minimum absolute atomic E-state index is 0.0524. The number of hydrogen-bond donors (Lipinski definition) is 1. The van der Waals surface area contributed by atoms with Crippen LogP contribution in [0.3, 0.4) is 0 Å². The van der Waals surface area contributed by atoms with E-state index < -0.39 is 4.92 Å². The quantitative estimate of drug-likeness (QED) is 0.647. The number of benzene rings is 2. The third-order valence-corrected chi connectivity index (χ3v) is 2.22. The highest BCUT2D eigenvalue weighted by Crippen LogP contribution is 2.11. The number of para-hydroxylation sites is 1. The molecule has 5 nitrogen and oxygen atoms in total. The molecule has 0 unspecified atom stereocenters. The topological polar surface area (TPSA) is 59.5 Å². The predicted octanol–water partition coefficient (Wildman–Crippen LogP) is 3.30. The van der Waals surface area contributed by atoms with Gasteiger partial charge in [0.05, 0.1) is 9.88 Å². The standard InChI is InChI=1S/C13H10N3O2/c17-16(18)13-8-6-11(7-9-13)10-14-15-12-4-2-1-3-5-12/h1-9,15H/q+1. The van der Waals surface area contributed by atoms with Gasteiger partial charge in [0.25, 0.3) is 5.69 Å². The fourth-order valence-electron chi connectivity index (χ4n) is 1.33. The lowest BCUT2D eigenvalue weighted by Crippen LogP contribution is -1.87. The lowest BCUT2D eigenvalue weighted by atomic mass is 10.2. The molecular weight excluding hydrogens is 230 g/mol. The van der Waals surface area contributed by atoms with E-state index in [0.29, 0.717) is 5.56 Å². The second-order valence-corrected chi connectivity index (χ2v) is 3.51. The molecule has 0 heterocycles. The van der Waals surface area contributed by atoms with E-state index >= 15 is 0 Å². The average molecular weight is 240 g/mol. The third kappa shape index (κ3) is 3.06. The molecule has 0 fully saturated rings. The Morgan fingerprint density at radius 2 is 1.72 bits per heavy atom. The molecule has 88 valence electrons. The van der Waals surface area contributed by atoms with E-state index in [2.05, 4.69) is 16.4 Å². The second-order valence-electron chi connectivity index (χ2n) is 3.51. The molecule has 0 amide bonds. The van der Waals surface area contributed by atoms with Crippen molar-refractivity contribution < 1.29 is 4.92 Å². The van der Waals surface area contributed by atoms with Crippen LogP contribution in [0.5, 0.6) is 0 Å². The van der Waals surface area contributed by atoms with E-state index in [0.717, 1.165) is 5.69 Å². The van der Waals surface area contributed by atoms with E-state index in [-0.39, 0.29) is 5.69 Å². The van der Waals surface area contributed by atoms with Crippen molar-refractivity contribution in [2.45, 2.75) is 0 Å². The molecule has 0 saturated carbocycles. The van der Waals surface area contributed by atoms with Crippen molar-refractivity contribution in [3.05, 3.63) is 75.2 Å². The number of hydrogen-bond acceptors (Lipinski definition) is 3. The molecule has 0 aliphatic heterocycles. The minimum Gasteiger partial charge on any atom is -0.258 e. The van der Waals surface area contributed by atoms with Gasteiger partial charge in [-0.15, -0.1) is 0 Å². The van der Waals surface area contributed by atoms with Gasteiger partial charge < -0.3 is 0 Å². The van der Waals surface area contributed by atoms with Crippen molar-refractivity contribution in [3.63, 3.8) is 0 Å². The molecule has 18 heavy (non-hydrogen) atoms. The smallest absolute Gasteiger partial charge is 0.258 e. The van der Waals surface area contributed by atoms with E-state index in [1.165, 1.54) is 12.1 Å². The molecule has 0 atom stereocenters. The van der Waals surface area contributed by atoms with Gasteiger partial charge in [-0.05, 0) is 29.7 Å². The molecule has 2 aromatic carbocycles. The number of nitrogens with one attached hydrogen (secondary N) is 1. The summed E-state index contributed by atoms with van der Waals surface area (Å²) in [5.41, 5.74) is 4.39. The van der Waals surface area contributed by atoms with Crippen LogP contribution in [-0.2, 0) is 0 Å². The molecule has 0 saturated heterocycles. The van der Waals surface area contributed by atoms with Crippen LogP contribution in [0.4, 0.5) is 11.4 Å². The molecule has 0 aliphatic carbocycles. The first-order valence-electron chi connectivity index (χ1n) is 5.27. The molecule has 0 bridgehead atoms. The van der Waals surface area contributed by atoms with E-state index in [4.69, 9.17) is 0 Å². The SMILES string of the molecule is O=[N+]([O-])c1ccc(C#[N+]Nc2ccccc2)cc1. The fraction of sp³-hybridized carbons (Fsp3) is 0. The normalized spacial score (nSPS) is 9.11. The van der Waals surface area contributed by atoms with Gasteiger partial charge in [-0.1, -0.05) is 18.2 Å². The zero-order chi connectivity index (χ0) is 12.8. The monoisotopic (exact) mass is 240 g/mol. The van der Waals surface area contributed by atoms with Crippen LogP contribution in [0.1, 0.15) is 5.56 Å². The van der Waals surface area contributed by atoms with Crippen LogP contribution in [0.2, 0.25) is 0 Å². The molecule has 0 radical (unpaired) electrons. The van der Waals surface area contributed by atoms with Crippen molar-refractivity contribution in [1.29, 1.82) is 0 Å². The maximum absolute atomic E-state index is 10.5. The first-order chi connectivity index (χ1) is 8.75. The van der Waals surface area contributed by atoms with Crippen LogP contribution < -0.4 is 5.43 Å². The van der Waals surface area contributed by atoms with E-state index in [1.54, 1.807) is 12.1 Å². The largest absolute Gasteiger partial charge is 0.357 e. The lowest BCUT2D eigenvalue weighted by molar-refractivity contribution is -0.384. The van der Waals surface area contributed by atoms with Gasteiger partial charge in [0.2, 0.25) is 0 Å². The average Bonchev–Trinajstić information content (AvgIpc) is 2.40. The molecular formula is C13H10N3O2+. The molecule has 5 heteroatoms. The Labute approximate surface area is 104 Å². The number of nitro groups is 1. The van der Waals surface area contributed by atoms with Gasteiger partial charge in [-0.3, -0.25) is 10.1 Å². The Hall–Kier alpha value is -2.87. The van der Waals surface area contributed by atoms with Crippen molar-refractivity contribution >= 4 is 11.4 Å². The van der Waals surface area contributed by atoms with Gasteiger partial charge in [-0.2, -0.15) is 0 Å². The van der Waals surface area contributed by atoms with Gasteiger partial charge in [-0.25, -0.2) is 0 Å². The highest BCUT2D eigenvalue weighted by atomic mass is 16.6. The highest BCUT2D eigenvalue weighted by molar-refractivity contribution is 5.46. The zero-order valence-electron chi connectivity index (χ0n) is 9.41. The summed E-state index contributed by atoms with van der Waals surface area (Å²) in [6, 6.07) is 18.2. The Kier molecular flexibility index (Phi) is 3.52. The van der Waals surface area contributed by atoms with Crippen LogP contribution >= 0.6 is 0 Å². The summed E-state index contributed by atoms with van der Waals surface area (Å²) in [5, 5.41) is 10.5. The van der Waals surface area contributed by atoms with Crippen molar-refractivity contribution in [1.82, 2.24) is 0 Å². The van der Waals surface area contributed by atoms with Crippen molar-refractivity contribution in [2.24, 2.45) is 0 Å². The van der Waals surface area contributed by atoms with Crippen LogP contribution in [0.25, 0.3) is 4.95 Å². The van der Waals surface area contributed by atoms with Crippen LogP contribution in [0, 0.1) is 16.2 Å². The summed E-state index contributed by atoms with van der Waals surface area (Å²) in [5.74, 6) is 0. The zero-order valence-corrected chi connectivity index (χ0v) is 9.41. The Morgan fingerprint density at radius 3 is 2.33 bits per heavy atom. The highest BCUT2D eigenvalue weighted by Gasteiger charge is 2.04. The van der Waals surface area contributed by atoms with Gasteiger partial charge in [0.15, 0.2) is 0 Å². The fourth-order valence-corrected chi connectivity index (χ4v) is 1.33. The van der Waals surface area contributed by atoms with Crippen molar-refractivity contribution in [2.75, 3.05) is 5.43 Å². The first-order valence-corrected chi connectivity index (χ1v) is 5.27. The number of nitro benzene ring substituents is 1. The van der Waals surface area contributed by atoms with Crippen molar-refractivity contribution in [3.8, 4) is 6.07 Å².